The molecule has 7 nitrogen and oxygen atoms in total. The lowest BCUT2D eigenvalue weighted by molar-refractivity contribution is -0.143. The first kappa shape index (κ1) is 33.4. The van der Waals surface area contributed by atoms with Crippen LogP contribution in [0.2, 0.25) is 0 Å². The lowest BCUT2D eigenvalue weighted by Gasteiger charge is -2.36. The molecule has 222 valence electrons. The number of carbonyl (C=O) groups excluding carboxylic acids is 3. The van der Waals surface area contributed by atoms with E-state index in [-0.39, 0.29) is 18.2 Å². The first-order chi connectivity index (χ1) is 19.2. The minimum Gasteiger partial charge on any atom is -0.444 e. The SMILES string of the molecule is C#Cc1ccc(C(C(=O)NC(C)(C)C)N(CCCCCC)C(=O)C(Cc2ccccc2)NC(=O)OC(C)(C)C)cc1. The largest absolute Gasteiger partial charge is 0.444 e. The average Bonchev–Trinajstić information content (AvgIpc) is 2.88. The van der Waals surface area contributed by atoms with Crippen molar-refractivity contribution in [2.24, 2.45) is 0 Å². The number of amides is 3. The zero-order chi connectivity index (χ0) is 30.6. The molecule has 2 aromatic carbocycles. The summed E-state index contributed by atoms with van der Waals surface area (Å²) in [6, 6.07) is 14.7. The van der Waals surface area contributed by atoms with E-state index in [9.17, 15) is 14.4 Å². The lowest BCUT2D eigenvalue weighted by atomic mass is 9.98. The van der Waals surface area contributed by atoms with Gasteiger partial charge in [0.15, 0.2) is 0 Å². The third-order valence-electron chi connectivity index (χ3n) is 6.26. The fourth-order valence-corrected chi connectivity index (χ4v) is 4.45. The summed E-state index contributed by atoms with van der Waals surface area (Å²) in [5.41, 5.74) is 0.937. The van der Waals surface area contributed by atoms with Crippen molar-refractivity contribution in [2.45, 2.75) is 104 Å². The molecule has 0 saturated heterocycles. The van der Waals surface area contributed by atoms with Crippen LogP contribution in [0.15, 0.2) is 54.6 Å². The van der Waals surface area contributed by atoms with Gasteiger partial charge in [-0.2, -0.15) is 0 Å². The van der Waals surface area contributed by atoms with Crippen LogP contribution in [0.1, 0.15) is 96.9 Å². The quantitative estimate of drug-likeness (QED) is 0.240. The molecular formula is C34H47N3O4. The Balaban J connectivity index is 2.58. The summed E-state index contributed by atoms with van der Waals surface area (Å²) in [6.45, 7) is 13.5. The highest BCUT2D eigenvalue weighted by Crippen LogP contribution is 2.26. The predicted octanol–water partition coefficient (Wildman–Crippen LogP) is 6.17. The fourth-order valence-electron chi connectivity index (χ4n) is 4.45. The Labute approximate surface area is 246 Å². The molecule has 0 aliphatic carbocycles. The summed E-state index contributed by atoms with van der Waals surface area (Å²) in [6.07, 6.45) is 8.81. The molecule has 41 heavy (non-hydrogen) atoms. The number of carbonyl (C=O) groups is 3. The van der Waals surface area contributed by atoms with Crippen molar-refractivity contribution in [1.29, 1.82) is 0 Å². The molecule has 0 aromatic heterocycles. The molecule has 7 heteroatoms. The average molecular weight is 562 g/mol. The second-order valence-corrected chi connectivity index (χ2v) is 12.4. The van der Waals surface area contributed by atoms with Crippen LogP contribution in [0, 0.1) is 12.3 Å². The Morgan fingerprint density at radius 2 is 1.56 bits per heavy atom. The Morgan fingerprint density at radius 1 is 0.927 bits per heavy atom. The minimum absolute atomic E-state index is 0.244. The highest BCUT2D eigenvalue weighted by atomic mass is 16.6. The molecule has 0 aliphatic heterocycles. The summed E-state index contributed by atoms with van der Waals surface area (Å²) in [4.78, 5) is 42.9. The third kappa shape index (κ3) is 11.7. The normalized spacial score (nSPS) is 12.9. The number of alkyl carbamates (subject to hydrolysis) is 1. The number of unbranched alkanes of at least 4 members (excludes halogenated alkanes) is 3. The van der Waals surface area contributed by atoms with Crippen LogP contribution >= 0.6 is 0 Å². The van der Waals surface area contributed by atoms with Crippen LogP contribution in [-0.4, -0.2) is 46.5 Å². The maximum Gasteiger partial charge on any atom is 0.408 e. The number of terminal acetylenes is 1. The minimum atomic E-state index is -0.951. The highest BCUT2D eigenvalue weighted by molar-refractivity contribution is 5.92. The van der Waals surface area contributed by atoms with E-state index in [1.165, 1.54) is 0 Å². The molecule has 2 aromatic rings. The lowest BCUT2D eigenvalue weighted by Crippen LogP contribution is -2.55. The molecule has 2 rings (SSSR count). The Hall–Kier alpha value is -3.79. The number of ether oxygens (including phenoxy) is 1. The number of benzene rings is 2. The summed E-state index contributed by atoms with van der Waals surface area (Å²) in [5, 5.41) is 5.86. The van der Waals surface area contributed by atoms with Gasteiger partial charge in [0, 0.05) is 24.1 Å². The van der Waals surface area contributed by atoms with Crippen molar-refractivity contribution in [3.8, 4) is 12.3 Å². The van der Waals surface area contributed by atoms with E-state index >= 15 is 0 Å². The van der Waals surface area contributed by atoms with E-state index in [0.717, 1.165) is 24.8 Å². The molecule has 3 amide bonds. The van der Waals surface area contributed by atoms with Gasteiger partial charge >= 0.3 is 6.09 Å². The number of nitrogens with one attached hydrogen (secondary N) is 2. The molecule has 2 N–H and O–H groups in total. The van der Waals surface area contributed by atoms with Crippen LogP contribution in [0.3, 0.4) is 0 Å². The van der Waals surface area contributed by atoms with Gasteiger partial charge in [-0.15, -0.1) is 6.42 Å². The van der Waals surface area contributed by atoms with Crippen molar-refractivity contribution < 1.29 is 19.1 Å². The van der Waals surface area contributed by atoms with Gasteiger partial charge in [0.1, 0.15) is 17.7 Å². The van der Waals surface area contributed by atoms with Crippen LogP contribution in [0.5, 0.6) is 0 Å². The molecule has 2 unspecified atom stereocenters. The van der Waals surface area contributed by atoms with E-state index in [1.54, 1.807) is 49.9 Å². The van der Waals surface area contributed by atoms with Gasteiger partial charge in [-0.3, -0.25) is 9.59 Å². The topological polar surface area (TPSA) is 87.7 Å². The molecule has 0 bridgehead atoms. The van der Waals surface area contributed by atoms with Crippen molar-refractivity contribution in [3.63, 3.8) is 0 Å². The summed E-state index contributed by atoms with van der Waals surface area (Å²) in [5.74, 6) is 1.95. The molecule has 2 atom stereocenters. The highest BCUT2D eigenvalue weighted by Gasteiger charge is 2.37. The molecular weight excluding hydrogens is 514 g/mol. The van der Waals surface area contributed by atoms with Crippen LogP contribution in [-0.2, 0) is 20.7 Å². The van der Waals surface area contributed by atoms with Gasteiger partial charge in [0.2, 0.25) is 11.8 Å². The van der Waals surface area contributed by atoms with E-state index < -0.39 is 29.3 Å². The molecule has 0 spiro atoms. The number of rotatable bonds is 12. The van der Waals surface area contributed by atoms with Crippen molar-refractivity contribution in [3.05, 3.63) is 71.3 Å². The summed E-state index contributed by atoms with van der Waals surface area (Å²) in [7, 11) is 0. The second kappa shape index (κ2) is 15.3. The van der Waals surface area contributed by atoms with Crippen molar-refractivity contribution in [1.82, 2.24) is 15.5 Å². The maximum absolute atomic E-state index is 14.5. The van der Waals surface area contributed by atoms with Gasteiger partial charge in [0.25, 0.3) is 0 Å². The molecule has 0 heterocycles. The van der Waals surface area contributed by atoms with Gasteiger partial charge in [0.05, 0.1) is 0 Å². The van der Waals surface area contributed by atoms with Gasteiger partial charge in [-0.25, -0.2) is 4.79 Å². The van der Waals surface area contributed by atoms with Gasteiger partial charge in [-0.05, 0) is 71.2 Å². The van der Waals surface area contributed by atoms with Crippen LogP contribution < -0.4 is 10.6 Å². The molecule has 0 saturated carbocycles. The number of nitrogens with zero attached hydrogens (tertiary/aromatic N) is 1. The van der Waals surface area contributed by atoms with E-state index in [0.29, 0.717) is 24.1 Å². The van der Waals surface area contributed by atoms with Gasteiger partial charge in [-0.1, -0.05) is 74.6 Å². The third-order valence-corrected chi connectivity index (χ3v) is 6.26. The van der Waals surface area contributed by atoms with E-state index in [4.69, 9.17) is 11.2 Å². The second-order valence-electron chi connectivity index (χ2n) is 12.4. The monoisotopic (exact) mass is 561 g/mol. The zero-order valence-corrected chi connectivity index (χ0v) is 25.8. The summed E-state index contributed by atoms with van der Waals surface area (Å²) < 4.78 is 5.51. The number of hydrogen-bond donors (Lipinski definition) is 2. The molecule has 0 aliphatic rings. The van der Waals surface area contributed by atoms with Crippen molar-refractivity contribution >= 4 is 17.9 Å². The molecule has 0 fully saturated rings. The first-order valence-electron chi connectivity index (χ1n) is 14.5. The van der Waals surface area contributed by atoms with E-state index in [2.05, 4.69) is 23.5 Å². The smallest absolute Gasteiger partial charge is 0.408 e. The number of hydrogen-bond acceptors (Lipinski definition) is 4. The van der Waals surface area contributed by atoms with Crippen molar-refractivity contribution in [2.75, 3.05) is 6.54 Å². The summed E-state index contributed by atoms with van der Waals surface area (Å²) >= 11 is 0. The maximum atomic E-state index is 14.5. The van der Waals surface area contributed by atoms with Gasteiger partial charge < -0.3 is 20.3 Å². The zero-order valence-electron chi connectivity index (χ0n) is 25.8. The molecule has 0 radical (unpaired) electrons. The Morgan fingerprint density at radius 3 is 2.10 bits per heavy atom. The standard InChI is InChI=1S/C34H47N3O4/c1-9-11-12-16-23-37(29(30(38)36-33(3,4)5)27-21-19-25(10-2)20-22-27)31(39)28(24-26-17-14-13-15-18-26)35-32(40)41-34(6,7)8/h2,13-15,17-22,28-29H,9,11-12,16,23-24H2,1,3-8H3,(H,35,40)(H,36,38). The Kier molecular flexibility index (Phi) is 12.5. The Bertz CT molecular complexity index is 1170. The van der Waals surface area contributed by atoms with Crippen LogP contribution in [0.4, 0.5) is 4.79 Å². The first-order valence-corrected chi connectivity index (χ1v) is 14.5. The van der Waals surface area contributed by atoms with E-state index in [1.807, 2.05) is 51.1 Å². The predicted molar refractivity (Wildman–Crippen MR) is 164 cm³/mol. The van der Waals surface area contributed by atoms with Crippen LogP contribution in [0.25, 0.3) is 0 Å². The fraction of sp³-hybridized carbons (Fsp3) is 0.500.